The van der Waals surface area contributed by atoms with Crippen molar-refractivity contribution in [1.29, 1.82) is 0 Å². The van der Waals surface area contributed by atoms with E-state index in [-0.39, 0.29) is 11.6 Å². The Morgan fingerprint density at radius 3 is 1.88 bits per heavy atom. The fraction of sp³-hybridized carbons (Fsp3) is 0.375. The highest BCUT2D eigenvalue weighted by molar-refractivity contribution is 5.84. The third-order valence-corrected chi connectivity index (χ3v) is 14.9. The predicted molar refractivity (Wildman–Crippen MR) is 258 cm³/mol. The van der Waals surface area contributed by atoms with Gasteiger partial charge in [-0.2, -0.15) is 0 Å². The van der Waals surface area contributed by atoms with Crippen LogP contribution in [0.25, 0.3) is 22.5 Å². The lowest BCUT2D eigenvalue weighted by Crippen LogP contribution is -2.53. The second-order valence-corrected chi connectivity index (χ2v) is 18.7. The number of unbranched alkanes of at least 4 members (excludes halogenated alkanes) is 1. The van der Waals surface area contributed by atoms with Crippen molar-refractivity contribution in [2.24, 2.45) is 5.41 Å². The van der Waals surface area contributed by atoms with E-state index in [0.29, 0.717) is 18.2 Å². The van der Waals surface area contributed by atoms with Crippen LogP contribution in [0.3, 0.4) is 0 Å². The molecule has 1 saturated heterocycles. The fourth-order valence-electron chi connectivity index (χ4n) is 11.8. The zero-order valence-electron chi connectivity index (χ0n) is 37.8. The summed E-state index contributed by atoms with van der Waals surface area (Å²) in [5.74, 6) is 0.967. The van der Waals surface area contributed by atoms with Crippen molar-refractivity contribution >= 4 is 5.91 Å². The van der Waals surface area contributed by atoms with Crippen molar-refractivity contribution in [3.63, 3.8) is 0 Å². The largest absolute Gasteiger partial charge is 0.342 e. The zero-order chi connectivity index (χ0) is 44.2. The molecule has 7 aromatic rings. The second kappa shape index (κ2) is 18.6. The van der Waals surface area contributed by atoms with Gasteiger partial charge in [-0.1, -0.05) is 172 Å². The molecule has 2 aromatic heterocycles. The first kappa shape index (κ1) is 42.6. The van der Waals surface area contributed by atoms with E-state index >= 15 is 4.79 Å². The summed E-state index contributed by atoms with van der Waals surface area (Å²) in [5.41, 5.74) is 7.98. The average Bonchev–Trinajstić information content (AvgIpc) is 3.97. The Labute approximate surface area is 383 Å². The van der Waals surface area contributed by atoms with Crippen LogP contribution in [0, 0.1) is 5.41 Å². The molecule has 1 aliphatic carbocycles. The van der Waals surface area contributed by atoms with Crippen LogP contribution >= 0.6 is 0 Å². The molecule has 9 nitrogen and oxygen atoms in total. The third-order valence-electron chi connectivity index (χ3n) is 14.9. The molecule has 0 radical (unpaired) electrons. The highest BCUT2D eigenvalue weighted by Gasteiger charge is 2.51. The van der Waals surface area contributed by atoms with Crippen molar-refractivity contribution in [2.45, 2.75) is 115 Å². The van der Waals surface area contributed by atoms with Gasteiger partial charge in [-0.25, -0.2) is 9.36 Å². The number of rotatable bonds is 13. The van der Waals surface area contributed by atoms with E-state index < -0.39 is 11.0 Å². The van der Waals surface area contributed by atoms with Gasteiger partial charge in [-0.3, -0.25) is 14.3 Å². The van der Waals surface area contributed by atoms with Crippen molar-refractivity contribution in [1.82, 2.24) is 34.5 Å². The van der Waals surface area contributed by atoms with E-state index in [1.165, 1.54) is 6.42 Å². The van der Waals surface area contributed by atoms with Gasteiger partial charge >= 0.3 is 0 Å². The van der Waals surface area contributed by atoms with E-state index in [1.54, 1.807) is 0 Å². The molecule has 332 valence electrons. The first-order chi connectivity index (χ1) is 32.0. The molecule has 0 N–H and O–H groups in total. The van der Waals surface area contributed by atoms with Crippen LogP contribution in [0.4, 0.5) is 0 Å². The van der Waals surface area contributed by atoms with Crippen LogP contribution in [0.2, 0.25) is 0 Å². The predicted octanol–water partition coefficient (Wildman–Crippen LogP) is 11.0. The molecule has 2 aliphatic heterocycles. The molecule has 1 atom stereocenters. The quantitative estimate of drug-likeness (QED) is 0.108. The van der Waals surface area contributed by atoms with Crippen molar-refractivity contribution < 1.29 is 4.79 Å². The van der Waals surface area contributed by atoms with E-state index in [1.807, 2.05) is 28.9 Å². The number of aromatic nitrogens is 6. The highest BCUT2D eigenvalue weighted by atomic mass is 16.2. The van der Waals surface area contributed by atoms with Gasteiger partial charge in [0.1, 0.15) is 5.54 Å². The third kappa shape index (κ3) is 7.66. The van der Waals surface area contributed by atoms with Gasteiger partial charge in [-0.15, -0.1) is 5.10 Å². The molecular formula is C56H61N7O2. The van der Waals surface area contributed by atoms with Crippen molar-refractivity contribution in [3.8, 4) is 22.5 Å². The molecule has 0 spiro atoms. The molecule has 1 amide bonds. The number of benzene rings is 5. The minimum absolute atomic E-state index is 0.104. The number of amides is 1. The number of hydrogen-bond donors (Lipinski definition) is 0. The van der Waals surface area contributed by atoms with Crippen LogP contribution in [0.15, 0.2) is 144 Å². The van der Waals surface area contributed by atoms with Crippen molar-refractivity contribution in [2.75, 3.05) is 13.1 Å². The summed E-state index contributed by atoms with van der Waals surface area (Å²) in [6.07, 6.45) is 13.8. The Bertz CT molecular complexity index is 2660. The Hall–Kier alpha value is -6.35. The summed E-state index contributed by atoms with van der Waals surface area (Å²) >= 11 is 0. The molecule has 1 saturated carbocycles. The minimum Gasteiger partial charge on any atom is -0.342 e. The molecule has 10 rings (SSSR count). The standard InChI is InChI=1S/C56H61N7O2/c1-2-3-30-50-49(53(64)62-51(31-21-40-61(50)62)55(36-17-7-18-37-55)54(65)60-38-19-8-20-39-60)41-42-32-34-43(35-33-42)47-28-15-16-29-48(47)52-57-58-59-63(52)56(44-22-9-4-10-23-44,45-24-11-5-12-25-45)46-26-13-6-14-27-46/h4-6,9-16,22-29,32-35,51H,2-3,7-8,17-21,30-31,36-41H2,1H3. The number of carbonyl (C=O) groups is 1. The maximum atomic E-state index is 15.1. The summed E-state index contributed by atoms with van der Waals surface area (Å²) in [5, 5.41) is 14.0. The van der Waals surface area contributed by atoms with E-state index in [9.17, 15) is 4.79 Å². The van der Waals surface area contributed by atoms with E-state index in [0.717, 1.165) is 147 Å². The van der Waals surface area contributed by atoms with Gasteiger partial charge in [0.05, 0.1) is 11.5 Å². The topological polar surface area (TPSA) is 90.8 Å². The minimum atomic E-state index is -0.879. The smallest absolute Gasteiger partial charge is 0.270 e. The zero-order valence-corrected chi connectivity index (χ0v) is 37.8. The van der Waals surface area contributed by atoms with Gasteiger partial charge in [0, 0.05) is 42.9 Å². The van der Waals surface area contributed by atoms with Crippen LogP contribution in [-0.2, 0) is 29.7 Å². The molecular weight excluding hydrogens is 803 g/mol. The highest BCUT2D eigenvalue weighted by Crippen LogP contribution is 2.50. The van der Waals surface area contributed by atoms with Crippen LogP contribution in [-0.4, -0.2) is 53.5 Å². The number of hydrogen-bond acceptors (Lipinski definition) is 5. The van der Waals surface area contributed by atoms with Gasteiger partial charge in [0.2, 0.25) is 5.91 Å². The number of piperidine rings is 1. The fourth-order valence-corrected chi connectivity index (χ4v) is 11.8. The van der Waals surface area contributed by atoms with Gasteiger partial charge < -0.3 is 4.90 Å². The SMILES string of the molecule is CCCCc1c(Cc2ccc(-c3ccccc3-c3nnnn3C(c3ccccc3)(c3ccccc3)c3ccccc3)cc2)c(=O)n2n1CCCC2C1(C(=O)N2CCCCC2)CCCCC1. The second-order valence-electron chi connectivity index (χ2n) is 18.7. The monoisotopic (exact) mass is 863 g/mol. The summed E-state index contributed by atoms with van der Waals surface area (Å²) in [6, 6.07) is 48.5. The molecule has 9 heteroatoms. The number of nitrogens with zero attached hydrogens (tertiary/aromatic N) is 7. The molecule has 2 fully saturated rings. The molecule has 0 bridgehead atoms. The average molecular weight is 864 g/mol. The molecule has 65 heavy (non-hydrogen) atoms. The first-order valence-corrected chi connectivity index (χ1v) is 24.3. The Kier molecular flexibility index (Phi) is 12.2. The normalized spacial score (nSPS) is 17.4. The van der Waals surface area contributed by atoms with Crippen LogP contribution in [0.1, 0.15) is 124 Å². The Morgan fingerprint density at radius 1 is 0.677 bits per heavy atom. The molecule has 4 heterocycles. The molecule has 1 unspecified atom stereocenters. The molecule has 5 aromatic carbocycles. The van der Waals surface area contributed by atoms with E-state index in [4.69, 9.17) is 10.3 Å². The number of carbonyl (C=O) groups excluding carboxylic acids is 1. The lowest BCUT2D eigenvalue weighted by molar-refractivity contribution is -0.150. The van der Waals surface area contributed by atoms with E-state index in [2.05, 4.69) is 142 Å². The lowest BCUT2D eigenvalue weighted by Gasteiger charge is -2.47. The summed E-state index contributed by atoms with van der Waals surface area (Å²) < 4.78 is 6.42. The van der Waals surface area contributed by atoms with Gasteiger partial charge in [0.15, 0.2) is 5.82 Å². The Balaban J connectivity index is 1.02. The summed E-state index contributed by atoms with van der Waals surface area (Å²) in [6.45, 7) is 4.75. The van der Waals surface area contributed by atoms with Gasteiger partial charge in [0.25, 0.3) is 5.56 Å². The number of fused-ring (bicyclic) bond motifs is 1. The Morgan fingerprint density at radius 2 is 1.26 bits per heavy atom. The number of likely N-dealkylation sites (tertiary alicyclic amines) is 1. The maximum absolute atomic E-state index is 15.1. The summed E-state index contributed by atoms with van der Waals surface area (Å²) in [4.78, 5) is 32.0. The van der Waals surface area contributed by atoms with Gasteiger partial charge in [-0.05, 0) is 102 Å². The van der Waals surface area contributed by atoms with Crippen LogP contribution < -0.4 is 5.56 Å². The summed E-state index contributed by atoms with van der Waals surface area (Å²) in [7, 11) is 0. The maximum Gasteiger partial charge on any atom is 0.270 e. The van der Waals surface area contributed by atoms with Crippen LogP contribution in [0.5, 0.6) is 0 Å². The van der Waals surface area contributed by atoms with Crippen molar-refractivity contribution in [3.05, 3.63) is 183 Å². The molecule has 3 aliphatic rings. The lowest BCUT2D eigenvalue weighted by atomic mass is 9.66. The first-order valence-electron chi connectivity index (χ1n) is 24.3. The number of tetrazole rings is 1.